The number of thioether (sulfide) groups is 1. The Morgan fingerprint density at radius 3 is 2.71 bits per heavy atom. The number of carboxylic acids is 1. The van der Waals surface area contributed by atoms with Gasteiger partial charge in [-0.25, -0.2) is 4.79 Å². The van der Waals surface area contributed by atoms with Crippen molar-refractivity contribution in [2.24, 2.45) is 0 Å². The van der Waals surface area contributed by atoms with Gasteiger partial charge in [0.15, 0.2) is 4.32 Å². The second-order valence-corrected chi connectivity index (χ2v) is 8.40. The van der Waals surface area contributed by atoms with Gasteiger partial charge in [0.05, 0.1) is 23.3 Å². The van der Waals surface area contributed by atoms with Crippen LogP contribution >= 0.6 is 24.0 Å². The van der Waals surface area contributed by atoms with Crippen LogP contribution in [0.5, 0.6) is 5.75 Å². The highest BCUT2D eigenvalue weighted by molar-refractivity contribution is 8.27. The molecule has 1 aromatic heterocycles. The van der Waals surface area contributed by atoms with Crippen molar-refractivity contribution in [2.75, 3.05) is 12.0 Å². The number of amides is 1. The van der Waals surface area contributed by atoms with E-state index in [-0.39, 0.29) is 11.5 Å². The zero-order valence-electron chi connectivity index (χ0n) is 16.6. The number of furan rings is 1. The lowest BCUT2D eigenvalue weighted by Gasteiger charge is -2.17. The molecule has 8 heteroatoms. The van der Waals surface area contributed by atoms with Gasteiger partial charge in [-0.2, -0.15) is 0 Å². The van der Waals surface area contributed by atoms with Gasteiger partial charge in [0.1, 0.15) is 17.3 Å². The molecule has 1 amide bonds. The minimum atomic E-state index is -1.01. The highest BCUT2D eigenvalue weighted by Gasteiger charge is 2.35. The zero-order chi connectivity index (χ0) is 22.1. The number of hydrogen-bond acceptors (Lipinski definition) is 6. The number of rotatable bonds is 5. The molecular formula is C23H17NO5S2. The third kappa shape index (κ3) is 3.99. The number of carboxylic acid groups (broad SMARTS) is 1. The van der Waals surface area contributed by atoms with E-state index >= 15 is 0 Å². The number of methoxy groups -OCH3 is 1. The minimum Gasteiger partial charge on any atom is -0.495 e. The molecule has 0 spiro atoms. The van der Waals surface area contributed by atoms with Crippen molar-refractivity contribution in [1.82, 2.24) is 0 Å². The summed E-state index contributed by atoms with van der Waals surface area (Å²) < 4.78 is 11.7. The van der Waals surface area contributed by atoms with Crippen LogP contribution in [0.25, 0.3) is 17.4 Å². The van der Waals surface area contributed by atoms with Crippen LogP contribution in [0, 0.1) is 6.92 Å². The van der Waals surface area contributed by atoms with Crippen molar-refractivity contribution in [3.63, 3.8) is 0 Å². The van der Waals surface area contributed by atoms with Crippen LogP contribution in [-0.4, -0.2) is 28.4 Å². The molecule has 1 fully saturated rings. The van der Waals surface area contributed by atoms with Crippen molar-refractivity contribution in [3.8, 4) is 17.1 Å². The summed E-state index contributed by atoms with van der Waals surface area (Å²) in [4.78, 5) is 26.2. The average molecular weight is 452 g/mol. The van der Waals surface area contributed by atoms with Crippen molar-refractivity contribution >= 4 is 51.9 Å². The number of carbonyl (C=O) groups excluding carboxylic acids is 1. The summed E-state index contributed by atoms with van der Waals surface area (Å²) in [5, 5.41) is 9.25. The molecule has 6 nitrogen and oxygen atoms in total. The van der Waals surface area contributed by atoms with Crippen LogP contribution < -0.4 is 9.64 Å². The molecule has 1 N–H and O–H groups in total. The van der Waals surface area contributed by atoms with Crippen molar-refractivity contribution in [1.29, 1.82) is 0 Å². The molecule has 1 aliphatic heterocycles. The Labute approximate surface area is 188 Å². The van der Waals surface area contributed by atoms with Crippen LogP contribution in [0.4, 0.5) is 5.69 Å². The van der Waals surface area contributed by atoms with Crippen LogP contribution in [0.1, 0.15) is 21.7 Å². The second-order valence-electron chi connectivity index (χ2n) is 6.73. The molecule has 2 aromatic carbocycles. The Bertz CT molecular complexity index is 1240. The van der Waals surface area contributed by atoms with Gasteiger partial charge in [-0.05, 0) is 48.9 Å². The molecule has 31 heavy (non-hydrogen) atoms. The van der Waals surface area contributed by atoms with Gasteiger partial charge < -0.3 is 14.3 Å². The summed E-state index contributed by atoms with van der Waals surface area (Å²) in [5.41, 5.74) is 2.32. The Hall–Kier alpha value is -3.36. The van der Waals surface area contributed by atoms with E-state index < -0.39 is 5.97 Å². The van der Waals surface area contributed by atoms with E-state index in [1.807, 2.05) is 19.1 Å². The maximum atomic E-state index is 13.0. The number of para-hydroxylation sites is 2. The first-order chi connectivity index (χ1) is 14.9. The minimum absolute atomic E-state index is 0.177. The van der Waals surface area contributed by atoms with E-state index in [2.05, 4.69) is 0 Å². The molecular weight excluding hydrogens is 434 g/mol. The number of carbonyl (C=O) groups is 2. The normalized spacial score (nSPS) is 15.0. The first-order valence-electron chi connectivity index (χ1n) is 9.24. The van der Waals surface area contributed by atoms with E-state index in [0.717, 1.165) is 5.56 Å². The molecule has 1 aliphatic rings. The highest BCUT2D eigenvalue weighted by atomic mass is 32.2. The van der Waals surface area contributed by atoms with Gasteiger partial charge in [0, 0.05) is 11.6 Å². The number of benzene rings is 2. The highest BCUT2D eigenvalue weighted by Crippen LogP contribution is 2.40. The Morgan fingerprint density at radius 1 is 1.19 bits per heavy atom. The van der Waals surface area contributed by atoms with E-state index in [4.69, 9.17) is 21.4 Å². The average Bonchev–Trinajstić information content (AvgIpc) is 3.32. The quantitative estimate of drug-likeness (QED) is 0.413. The molecule has 0 saturated carbocycles. The Kier molecular flexibility index (Phi) is 5.67. The number of thiocarbonyl (C=S) groups is 1. The van der Waals surface area contributed by atoms with Crippen LogP contribution in [0.3, 0.4) is 0 Å². The first kappa shape index (κ1) is 20.9. The lowest BCUT2D eigenvalue weighted by molar-refractivity contribution is -0.113. The molecule has 0 unspecified atom stereocenters. The molecule has 2 heterocycles. The van der Waals surface area contributed by atoms with Crippen LogP contribution in [0.15, 0.2) is 63.9 Å². The predicted octanol–water partition coefficient (Wildman–Crippen LogP) is 5.37. The number of hydrogen-bond donors (Lipinski definition) is 1. The standard InChI is InChI=1S/C23H17NO5S2/c1-13-7-8-14(22(26)27)11-16(13)18-10-9-15(29-18)12-20-21(25)24(23(30)31-20)17-5-3-4-6-19(17)28-2/h3-12H,1-2H3,(H,26,27)/b20-12-. The number of aromatic carboxylic acids is 1. The van der Waals surface area contributed by atoms with E-state index in [1.165, 1.54) is 23.8 Å². The fraction of sp³-hybridized carbons (Fsp3) is 0.0870. The zero-order valence-corrected chi connectivity index (χ0v) is 18.3. The smallest absolute Gasteiger partial charge is 0.335 e. The molecule has 0 atom stereocenters. The SMILES string of the molecule is COc1ccccc1N1C(=O)/C(=C/c2ccc(-c3cc(C(=O)O)ccc3C)o2)SC1=S. The molecule has 0 radical (unpaired) electrons. The van der Waals surface area contributed by atoms with E-state index in [1.54, 1.807) is 48.5 Å². The summed E-state index contributed by atoms with van der Waals surface area (Å²) in [5.74, 6) is 0.270. The maximum absolute atomic E-state index is 13.0. The van der Waals surface area contributed by atoms with Crippen LogP contribution in [0.2, 0.25) is 0 Å². The molecule has 0 aliphatic carbocycles. The number of ether oxygens (including phenoxy) is 1. The summed E-state index contributed by atoms with van der Waals surface area (Å²) in [6.45, 7) is 1.88. The third-order valence-corrected chi connectivity index (χ3v) is 6.07. The summed E-state index contributed by atoms with van der Waals surface area (Å²) in [6, 6.07) is 15.5. The molecule has 1 saturated heterocycles. The summed E-state index contributed by atoms with van der Waals surface area (Å²) >= 11 is 6.60. The first-order valence-corrected chi connectivity index (χ1v) is 10.5. The Balaban J connectivity index is 1.65. The van der Waals surface area contributed by atoms with Crippen LogP contribution in [-0.2, 0) is 4.79 Å². The largest absolute Gasteiger partial charge is 0.495 e. The van der Waals surface area contributed by atoms with Crippen molar-refractivity contribution in [2.45, 2.75) is 6.92 Å². The third-order valence-electron chi connectivity index (χ3n) is 4.77. The lowest BCUT2D eigenvalue weighted by atomic mass is 10.0. The van der Waals surface area contributed by atoms with Gasteiger partial charge in [-0.15, -0.1) is 0 Å². The fourth-order valence-corrected chi connectivity index (χ4v) is 4.48. The molecule has 0 bridgehead atoms. The Morgan fingerprint density at radius 2 is 1.97 bits per heavy atom. The monoisotopic (exact) mass is 451 g/mol. The topological polar surface area (TPSA) is 80.0 Å². The molecule has 4 rings (SSSR count). The van der Waals surface area contributed by atoms with Crippen molar-refractivity contribution < 1.29 is 23.8 Å². The summed E-state index contributed by atoms with van der Waals surface area (Å²) in [7, 11) is 1.54. The van der Waals surface area contributed by atoms with Gasteiger partial charge >= 0.3 is 5.97 Å². The van der Waals surface area contributed by atoms with Gasteiger partial charge in [0.25, 0.3) is 5.91 Å². The van der Waals surface area contributed by atoms with Gasteiger partial charge in [0.2, 0.25) is 0 Å². The predicted molar refractivity (Wildman–Crippen MR) is 124 cm³/mol. The molecule has 156 valence electrons. The molecule has 3 aromatic rings. The fourth-order valence-electron chi connectivity index (χ4n) is 3.21. The lowest BCUT2D eigenvalue weighted by Crippen LogP contribution is -2.27. The van der Waals surface area contributed by atoms with Crippen molar-refractivity contribution in [3.05, 3.63) is 76.4 Å². The summed E-state index contributed by atoms with van der Waals surface area (Å²) in [6.07, 6.45) is 1.63. The van der Waals surface area contributed by atoms with Gasteiger partial charge in [-0.3, -0.25) is 9.69 Å². The number of aryl methyl sites for hydroxylation is 1. The number of nitrogens with zero attached hydrogens (tertiary/aromatic N) is 1. The van der Waals surface area contributed by atoms with Gasteiger partial charge in [-0.1, -0.05) is 42.2 Å². The van der Waals surface area contributed by atoms with E-state index in [9.17, 15) is 14.7 Å². The number of anilines is 1. The second kappa shape index (κ2) is 8.41. The maximum Gasteiger partial charge on any atom is 0.335 e. The van der Waals surface area contributed by atoms with E-state index in [0.29, 0.717) is 37.7 Å².